The highest BCUT2D eigenvalue weighted by Gasteiger charge is 2.13. The minimum Gasteiger partial charge on any atom is -0.508 e. The molecule has 0 atom stereocenters. The van der Waals surface area contributed by atoms with E-state index in [1.165, 1.54) is 18.2 Å². The van der Waals surface area contributed by atoms with E-state index >= 15 is 0 Å². The Morgan fingerprint density at radius 1 is 1.05 bits per heavy atom. The molecule has 0 aliphatic heterocycles. The van der Waals surface area contributed by atoms with Gasteiger partial charge in [-0.05, 0) is 30.3 Å². The van der Waals surface area contributed by atoms with E-state index in [0.717, 1.165) is 0 Å². The van der Waals surface area contributed by atoms with Crippen molar-refractivity contribution in [3.05, 3.63) is 54.1 Å². The summed E-state index contributed by atoms with van der Waals surface area (Å²) in [4.78, 5) is 22.4. The summed E-state index contributed by atoms with van der Waals surface area (Å²) in [6.07, 6.45) is 0. The zero-order chi connectivity index (χ0) is 15.9. The predicted octanol–water partition coefficient (Wildman–Crippen LogP) is 2.62. The molecule has 2 aromatic rings. The highest BCUT2D eigenvalue weighted by atomic mass is 16.4. The van der Waals surface area contributed by atoms with E-state index < -0.39 is 18.4 Å². The number of rotatable bonds is 5. The maximum atomic E-state index is 11.9. The molecule has 7 nitrogen and oxygen atoms in total. The summed E-state index contributed by atoms with van der Waals surface area (Å²) in [5.41, 5.74) is 0.873. The van der Waals surface area contributed by atoms with E-state index in [-0.39, 0.29) is 17.0 Å². The molecule has 0 aromatic heterocycles. The van der Waals surface area contributed by atoms with Crippen LogP contribution in [0.3, 0.4) is 0 Å². The van der Waals surface area contributed by atoms with Gasteiger partial charge in [0.15, 0.2) is 0 Å². The lowest BCUT2D eigenvalue weighted by Gasteiger charge is -2.05. The van der Waals surface area contributed by atoms with Crippen LogP contribution in [0.15, 0.2) is 58.8 Å². The van der Waals surface area contributed by atoms with Crippen LogP contribution < -0.4 is 5.32 Å². The van der Waals surface area contributed by atoms with Gasteiger partial charge in [-0.15, -0.1) is 5.11 Å². The summed E-state index contributed by atoms with van der Waals surface area (Å²) in [7, 11) is 0. The van der Waals surface area contributed by atoms with Gasteiger partial charge in [-0.1, -0.05) is 18.2 Å². The third-order valence-electron chi connectivity index (χ3n) is 2.65. The molecular formula is C15H13N3O4. The highest BCUT2D eigenvalue weighted by Crippen LogP contribution is 2.26. The zero-order valence-electron chi connectivity index (χ0n) is 11.4. The maximum absolute atomic E-state index is 11.9. The summed E-state index contributed by atoms with van der Waals surface area (Å²) < 4.78 is 0. The van der Waals surface area contributed by atoms with Crippen molar-refractivity contribution in [2.24, 2.45) is 10.2 Å². The fourth-order valence-electron chi connectivity index (χ4n) is 1.65. The summed E-state index contributed by atoms with van der Waals surface area (Å²) >= 11 is 0. The van der Waals surface area contributed by atoms with Crippen LogP contribution in [-0.4, -0.2) is 28.6 Å². The van der Waals surface area contributed by atoms with Gasteiger partial charge in [-0.2, -0.15) is 5.11 Å². The first-order valence-electron chi connectivity index (χ1n) is 6.36. The number of benzene rings is 2. The Labute approximate surface area is 125 Å². The van der Waals surface area contributed by atoms with Crippen LogP contribution in [0.4, 0.5) is 11.4 Å². The Kier molecular flexibility index (Phi) is 4.81. The Balaban J connectivity index is 2.26. The van der Waals surface area contributed by atoms with Gasteiger partial charge in [0.25, 0.3) is 5.91 Å². The largest absolute Gasteiger partial charge is 0.508 e. The topological polar surface area (TPSA) is 111 Å². The second kappa shape index (κ2) is 6.98. The Bertz CT molecular complexity index is 714. The molecule has 112 valence electrons. The summed E-state index contributed by atoms with van der Waals surface area (Å²) in [6.45, 7) is -0.524. The Morgan fingerprint density at radius 3 is 2.45 bits per heavy atom. The number of azo groups is 1. The number of phenols is 1. The normalized spacial score (nSPS) is 10.5. The van der Waals surface area contributed by atoms with Crippen LogP contribution >= 0.6 is 0 Å². The van der Waals surface area contributed by atoms with Crippen LogP contribution in [0.25, 0.3) is 0 Å². The second-order valence-corrected chi connectivity index (χ2v) is 4.31. The SMILES string of the molecule is O=C(O)CNC(=O)c1cc(O)ccc1/N=N/c1ccccc1. The average Bonchev–Trinajstić information content (AvgIpc) is 2.52. The van der Waals surface area contributed by atoms with Crippen molar-refractivity contribution in [1.29, 1.82) is 0 Å². The standard InChI is InChI=1S/C15H13N3O4/c19-11-6-7-13(18-17-10-4-2-1-3-5-10)12(8-11)15(22)16-9-14(20)21/h1-8,19H,9H2,(H,16,22)(H,20,21)/b18-17+. The minimum atomic E-state index is -1.17. The molecule has 0 fully saturated rings. The molecule has 0 aliphatic carbocycles. The van der Waals surface area contributed by atoms with E-state index in [1.54, 1.807) is 24.3 Å². The van der Waals surface area contributed by atoms with Crippen LogP contribution in [0.5, 0.6) is 5.75 Å². The fourth-order valence-corrected chi connectivity index (χ4v) is 1.65. The van der Waals surface area contributed by atoms with Crippen LogP contribution in [0, 0.1) is 0 Å². The number of aromatic hydroxyl groups is 1. The lowest BCUT2D eigenvalue weighted by Crippen LogP contribution is -2.29. The number of nitrogens with one attached hydrogen (secondary N) is 1. The molecule has 0 bridgehead atoms. The number of hydrogen-bond acceptors (Lipinski definition) is 5. The molecule has 2 aromatic carbocycles. The molecule has 22 heavy (non-hydrogen) atoms. The molecule has 0 aliphatic rings. The van der Waals surface area contributed by atoms with E-state index in [4.69, 9.17) is 5.11 Å². The van der Waals surface area contributed by atoms with Crippen LogP contribution in [0.2, 0.25) is 0 Å². The zero-order valence-corrected chi connectivity index (χ0v) is 11.4. The maximum Gasteiger partial charge on any atom is 0.322 e. The molecule has 1 amide bonds. The molecule has 7 heteroatoms. The number of carboxylic acids is 1. The highest BCUT2D eigenvalue weighted by molar-refractivity contribution is 6.00. The summed E-state index contributed by atoms with van der Waals surface area (Å²) in [5, 5.41) is 28.2. The molecule has 0 saturated heterocycles. The predicted molar refractivity (Wildman–Crippen MR) is 78.7 cm³/mol. The molecular weight excluding hydrogens is 286 g/mol. The van der Waals surface area contributed by atoms with E-state index in [0.29, 0.717) is 5.69 Å². The van der Waals surface area contributed by atoms with E-state index in [2.05, 4.69) is 15.5 Å². The van der Waals surface area contributed by atoms with Crippen LogP contribution in [-0.2, 0) is 4.79 Å². The van der Waals surface area contributed by atoms with Gasteiger partial charge in [0.2, 0.25) is 0 Å². The van der Waals surface area contributed by atoms with Crippen molar-refractivity contribution in [3.8, 4) is 5.75 Å². The van der Waals surface area contributed by atoms with Crippen LogP contribution in [0.1, 0.15) is 10.4 Å². The number of carbonyl (C=O) groups is 2. The lowest BCUT2D eigenvalue weighted by molar-refractivity contribution is -0.135. The van der Waals surface area contributed by atoms with Crippen molar-refractivity contribution in [3.63, 3.8) is 0 Å². The molecule has 0 unspecified atom stereocenters. The Morgan fingerprint density at radius 2 is 1.77 bits per heavy atom. The van der Waals surface area contributed by atoms with Gasteiger partial charge in [-0.3, -0.25) is 9.59 Å². The van der Waals surface area contributed by atoms with Gasteiger partial charge >= 0.3 is 5.97 Å². The van der Waals surface area contributed by atoms with Gasteiger partial charge in [0.1, 0.15) is 12.3 Å². The number of nitrogens with zero attached hydrogens (tertiary/aromatic N) is 2. The second-order valence-electron chi connectivity index (χ2n) is 4.31. The van der Waals surface area contributed by atoms with Crippen molar-refractivity contribution in [2.75, 3.05) is 6.54 Å². The molecule has 3 N–H and O–H groups in total. The van der Waals surface area contributed by atoms with Crippen molar-refractivity contribution in [2.45, 2.75) is 0 Å². The number of amides is 1. The number of hydrogen-bond donors (Lipinski definition) is 3. The first-order valence-corrected chi connectivity index (χ1v) is 6.36. The molecule has 0 radical (unpaired) electrons. The van der Waals surface area contributed by atoms with Crippen molar-refractivity contribution >= 4 is 23.3 Å². The molecule has 0 saturated carbocycles. The number of aliphatic carboxylic acids is 1. The molecule has 0 spiro atoms. The molecule has 0 heterocycles. The lowest BCUT2D eigenvalue weighted by atomic mass is 10.1. The first kappa shape index (κ1) is 15.2. The van der Waals surface area contributed by atoms with Crippen molar-refractivity contribution in [1.82, 2.24) is 5.32 Å². The third kappa shape index (κ3) is 4.14. The number of carboxylic acid groups (broad SMARTS) is 1. The third-order valence-corrected chi connectivity index (χ3v) is 2.65. The monoisotopic (exact) mass is 299 g/mol. The quantitative estimate of drug-likeness (QED) is 0.737. The Hall–Kier alpha value is -3.22. The van der Waals surface area contributed by atoms with E-state index in [1.807, 2.05) is 6.07 Å². The van der Waals surface area contributed by atoms with Crippen molar-refractivity contribution < 1.29 is 19.8 Å². The minimum absolute atomic E-state index is 0.0425. The van der Waals surface area contributed by atoms with Gasteiger partial charge in [0.05, 0.1) is 16.9 Å². The average molecular weight is 299 g/mol. The number of phenolic OH excluding ortho intramolecular Hbond substituents is 1. The van der Waals surface area contributed by atoms with Gasteiger partial charge in [0, 0.05) is 0 Å². The smallest absolute Gasteiger partial charge is 0.322 e. The first-order chi connectivity index (χ1) is 10.6. The van der Waals surface area contributed by atoms with Gasteiger partial charge in [-0.25, -0.2) is 0 Å². The fraction of sp³-hybridized carbons (Fsp3) is 0.0667. The van der Waals surface area contributed by atoms with E-state index in [9.17, 15) is 14.7 Å². The summed E-state index contributed by atoms with van der Waals surface area (Å²) in [5.74, 6) is -1.94. The number of carbonyl (C=O) groups excluding carboxylic acids is 1. The van der Waals surface area contributed by atoms with Gasteiger partial charge < -0.3 is 15.5 Å². The molecule has 2 rings (SSSR count). The summed E-state index contributed by atoms with van der Waals surface area (Å²) in [6, 6.07) is 12.9.